The van der Waals surface area contributed by atoms with Gasteiger partial charge in [0.05, 0.1) is 39.9 Å². The van der Waals surface area contributed by atoms with Crippen LogP contribution in [0.5, 0.6) is 0 Å². The van der Waals surface area contributed by atoms with E-state index in [1.807, 2.05) is 27.2 Å². The molecule has 53 heavy (non-hydrogen) atoms. The van der Waals surface area contributed by atoms with Gasteiger partial charge in [-0.05, 0) is 44.9 Å². The third kappa shape index (κ3) is 39.0. The molecule has 1 amide bonds. The Hall–Kier alpha value is -1.02. The van der Waals surface area contributed by atoms with Crippen LogP contribution in [0.3, 0.4) is 0 Å². The second kappa shape index (κ2) is 36.6. The topological polar surface area (TPSA) is 105 Å². The number of quaternary nitrogens is 1. The summed E-state index contributed by atoms with van der Waals surface area (Å²) >= 11 is 0. The molecule has 0 spiro atoms. The molecule has 0 aromatic heterocycles. The highest BCUT2D eigenvalue weighted by atomic mass is 31.2. The number of aliphatic hydroxyl groups excluding tert-OH is 1. The fourth-order valence-corrected chi connectivity index (χ4v) is 7.07. The van der Waals surface area contributed by atoms with E-state index in [2.05, 4.69) is 31.3 Å². The Bertz CT molecular complexity index is 922. The normalized spacial score (nSPS) is 14.6. The van der Waals surface area contributed by atoms with Gasteiger partial charge in [0.25, 0.3) is 0 Å². The van der Waals surface area contributed by atoms with Crippen LogP contribution in [-0.2, 0) is 18.4 Å². The molecule has 0 fully saturated rings. The minimum Gasteiger partial charge on any atom is -0.387 e. The van der Waals surface area contributed by atoms with Crippen molar-refractivity contribution in [2.24, 2.45) is 0 Å². The van der Waals surface area contributed by atoms with Gasteiger partial charge in [-0.3, -0.25) is 13.8 Å². The molecular formula is C44H88N2O6P+. The standard InChI is InChI=1S/C44H87N2O6P/c1-6-8-10-12-14-16-18-20-22-24-25-27-29-31-33-35-37-43(47)42(41-52-53(49,50)51-40-39-46(3,4)5)45-44(48)38-36-34-32-30-28-26-23-21-19-17-15-13-11-9-7-2/h21,23,35,37,42-43,47H,6-20,22,24-34,36,38-41H2,1-5H3,(H-,45,48,49,50)/p+1/b23-21-,37-35+. The number of nitrogens with one attached hydrogen (secondary N) is 1. The Kier molecular flexibility index (Phi) is 35.9. The molecule has 0 saturated carbocycles. The Labute approximate surface area is 328 Å². The Balaban J connectivity index is 4.45. The number of hydrogen-bond donors (Lipinski definition) is 3. The van der Waals surface area contributed by atoms with E-state index >= 15 is 0 Å². The van der Waals surface area contributed by atoms with Crippen LogP contribution in [0.2, 0.25) is 0 Å². The summed E-state index contributed by atoms with van der Waals surface area (Å²) in [6.07, 6.45) is 42.4. The summed E-state index contributed by atoms with van der Waals surface area (Å²) in [5.74, 6) is -0.186. The van der Waals surface area contributed by atoms with Crippen LogP contribution in [0.25, 0.3) is 0 Å². The van der Waals surface area contributed by atoms with Gasteiger partial charge in [-0.1, -0.05) is 173 Å². The summed E-state index contributed by atoms with van der Waals surface area (Å²) in [5, 5.41) is 13.8. The molecule has 0 radical (unpaired) electrons. The summed E-state index contributed by atoms with van der Waals surface area (Å²) in [7, 11) is 1.57. The number of aliphatic hydroxyl groups is 1. The number of allylic oxidation sites excluding steroid dienone is 3. The van der Waals surface area contributed by atoms with Crippen LogP contribution in [-0.4, -0.2) is 73.4 Å². The largest absolute Gasteiger partial charge is 0.472 e. The molecule has 8 nitrogen and oxygen atoms in total. The first kappa shape index (κ1) is 52.0. The fraction of sp³-hybridized carbons (Fsp3) is 0.886. The second-order valence-electron chi connectivity index (χ2n) is 16.4. The molecule has 0 aliphatic carbocycles. The smallest absolute Gasteiger partial charge is 0.387 e. The van der Waals surface area contributed by atoms with Gasteiger partial charge in [-0.2, -0.15) is 0 Å². The number of carbonyl (C=O) groups is 1. The Morgan fingerprint density at radius 2 is 1.02 bits per heavy atom. The SMILES string of the molecule is CCCCCCCC/C=C\CCCCCCCC(=O)NC(COP(=O)(O)OCC[N+](C)(C)C)C(O)/C=C/CCCCCCCCCCCCCCCC. The van der Waals surface area contributed by atoms with Crippen molar-refractivity contribution >= 4 is 13.7 Å². The first-order valence-electron chi connectivity index (χ1n) is 22.2. The summed E-state index contributed by atoms with van der Waals surface area (Å²) in [6, 6.07) is -0.847. The van der Waals surface area contributed by atoms with Crippen molar-refractivity contribution in [1.29, 1.82) is 0 Å². The van der Waals surface area contributed by atoms with Gasteiger partial charge in [0, 0.05) is 6.42 Å². The molecule has 314 valence electrons. The fourth-order valence-electron chi connectivity index (χ4n) is 6.33. The Morgan fingerprint density at radius 1 is 0.623 bits per heavy atom. The van der Waals surface area contributed by atoms with E-state index in [4.69, 9.17) is 9.05 Å². The van der Waals surface area contributed by atoms with E-state index in [-0.39, 0.29) is 19.1 Å². The summed E-state index contributed by atoms with van der Waals surface area (Å²) in [6.45, 7) is 4.80. The number of phosphoric ester groups is 1. The lowest BCUT2D eigenvalue weighted by atomic mass is 10.0. The average molecular weight is 772 g/mol. The maximum Gasteiger partial charge on any atom is 0.472 e. The van der Waals surface area contributed by atoms with Gasteiger partial charge in [-0.25, -0.2) is 4.57 Å². The maximum atomic E-state index is 12.8. The second-order valence-corrected chi connectivity index (χ2v) is 17.9. The zero-order valence-electron chi connectivity index (χ0n) is 35.5. The van der Waals surface area contributed by atoms with E-state index in [9.17, 15) is 19.4 Å². The quantitative estimate of drug-likeness (QED) is 0.0248. The molecule has 0 aromatic carbocycles. The first-order valence-corrected chi connectivity index (χ1v) is 23.7. The van der Waals surface area contributed by atoms with Crippen molar-refractivity contribution in [2.75, 3.05) is 40.9 Å². The number of hydrogen-bond acceptors (Lipinski definition) is 5. The van der Waals surface area contributed by atoms with Crippen molar-refractivity contribution in [2.45, 2.75) is 212 Å². The molecule has 9 heteroatoms. The summed E-state index contributed by atoms with van der Waals surface area (Å²) in [4.78, 5) is 23.1. The van der Waals surface area contributed by atoms with Crippen molar-refractivity contribution in [3.05, 3.63) is 24.3 Å². The van der Waals surface area contributed by atoms with Crippen molar-refractivity contribution in [1.82, 2.24) is 5.32 Å². The minimum atomic E-state index is -4.33. The zero-order valence-corrected chi connectivity index (χ0v) is 36.4. The minimum absolute atomic E-state index is 0.0609. The molecule has 3 N–H and O–H groups in total. The zero-order chi connectivity index (χ0) is 39.3. The predicted molar refractivity (Wildman–Crippen MR) is 226 cm³/mol. The van der Waals surface area contributed by atoms with Crippen molar-refractivity contribution < 1.29 is 32.9 Å². The van der Waals surface area contributed by atoms with Gasteiger partial charge < -0.3 is 19.8 Å². The van der Waals surface area contributed by atoms with Crippen LogP contribution >= 0.6 is 7.82 Å². The summed E-state index contributed by atoms with van der Waals surface area (Å²) < 4.78 is 23.5. The van der Waals surface area contributed by atoms with Crippen LogP contribution in [0.4, 0.5) is 0 Å². The molecule has 0 aromatic rings. The van der Waals surface area contributed by atoms with Gasteiger partial charge in [0.1, 0.15) is 13.2 Å². The number of carbonyl (C=O) groups excluding carboxylic acids is 1. The highest BCUT2D eigenvalue weighted by Gasteiger charge is 2.27. The van der Waals surface area contributed by atoms with Crippen LogP contribution in [0.15, 0.2) is 24.3 Å². The lowest BCUT2D eigenvalue weighted by molar-refractivity contribution is -0.870. The van der Waals surface area contributed by atoms with Crippen LogP contribution < -0.4 is 5.32 Å². The molecule has 3 atom stereocenters. The van der Waals surface area contributed by atoms with E-state index in [0.29, 0.717) is 17.4 Å². The number of rotatable bonds is 40. The molecule has 0 bridgehead atoms. The van der Waals surface area contributed by atoms with E-state index in [1.165, 1.54) is 128 Å². The molecule has 3 unspecified atom stereocenters. The number of phosphoric acid groups is 1. The van der Waals surface area contributed by atoms with Gasteiger partial charge in [-0.15, -0.1) is 0 Å². The number of nitrogens with zero attached hydrogens (tertiary/aromatic N) is 1. The number of unbranched alkanes of at least 4 members (excludes halogenated alkanes) is 25. The highest BCUT2D eigenvalue weighted by Crippen LogP contribution is 2.43. The molecule has 0 aliphatic heterocycles. The molecule has 0 heterocycles. The highest BCUT2D eigenvalue weighted by molar-refractivity contribution is 7.47. The monoisotopic (exact) mass is 772 g/mol. The van der Waals surface area contributed by atoms with Gasteiger partial charge in [0.2, 0.25) is 5.91 Å². The molecular weight excluding hydrogens is 683 g/mol. The van der Waals surface area contributed by atoms with Gasteiger partial charge in [0.15, 0.2) is 0 Å². The summed E-state index contributed by atoms with van der Waals surface area (Å²) in [5.41, 5.74) is 0. The number of amides is 1. The maximum absolute atomic E-state index is 12.8. The van der Waals surface area contributed by atoms with Crippen molar-refractivity contribution in [3.63, 3.8) is 0 Å². The van der Waals surface area contributed by atoms with Crippen molar-refractivity contribution in [3.8, 4) is 0 Å². The third-order valence-corrected chi connectivity index (χ3v) is 10.9. The van der Waals surface area contributed by atoms with E-state index in [1.54, 1.807) is 6.08 Å². The molecule has 0 saturated heterocycles. The predicted octanol–water partition coefficient (Wildman–Crippen LogP) is 12.1. The molecule has 0 rings (SSSR count). The van der Waals surface area contributed by atoms with Crippen LogP contribution in [0.1, 0.15) is 200 Å². The van der Waals surface area contributed by atoms with Crippen LogP contribution in [0, 0.1) is 0 Å². The lowest BCUT2D eigenvalue weighted by Gasteiger charge is -2.25. The van der Waals surface area contributed by atoms with Gasteiger partial charge >= 0.3 is 7.82 Å². The first-order chi connectivity index (χ1) is 25.5. The van der Waals surface area contributed by atoms with E-state index in [0.717, 1.165) is 51.4 Å². The average Bonchev–Trinajstić information content (AvgIpc) is 3.10. The third-order valence-electron chi connectivity index (χ3n) is 9.92. The molecule has 0 aliphatic rings. The van der Waals surface area contributed by atoms with E-state index < -0.39 is 20.0 Å². The Morgan fingerprint density at radius 3 is 1.45 bits per heavy atom. The lowest BCUT2D eigenvalue weighted by Crippen LogP contribution is -2.45. The number of likely N-dealkylation sites (N-methyl/N-ethyl adjacent to an activating group) is 1.